The number of anilines is 1. The monoisotopic (exact) mass is 218 g/mol. The highest BCUT2D eigenvalue weighted by atomic mass is 16.5. The van der Waals surface area contributed by atoms with Crippen LogP contribution in [0.25, 0.3) is 0 Å². The molecule has 4 nitrogen and oxygen atoms in total. The van der Waals surface area contributed by atoms with Crippen molar-refractivity contribution < 1.29 is 9.53 Å². The molecule has 1 N–H and O–H groups in total. The number of nitriles is 1. The van der Waals surface area contributed by atoms with Crippen molar-refractivity contribution in [3.8, 4) is 6.07 Å². The first-order valence-electron chi connectivity index (χ1n) is 4.86. The minimum Gasteiger partial charge on any atom is -0.467 e. The van der Waals surface area contributed by atoms with Crippen molar-refractivity contribution in [1.82, 2.24) is 0 Å². The number of nitrogens with one attached hydrogen (secondary N) is 1. The number of rotatable bonds is 3. The Morgan fingerprint density at radius 3 is 2.75 bits per heavy atom. The van der Waals surface area contributed by atoms with Gasteiger partial charge in [-0.3, -0.25) is 0 Å². The van der Waals surface area contributed by atoms with Crippen LogP contribution in [0.1, 0.15) is 19.4 Å². The highest BCUT2D eigenvalue weighted by molar-refractivity contribution is 5.83. The second-order valence-corrected chi connectivity index (χ2v) is 3.93. The Bertz CT molecular complexity index is 433. The number of benzene rings is 1. The molecule has 0 saturated heterocycles. The maximum absolute atomic E-state index is 11.4. The van der Waals surface area contributed by atoms with Crippen molar-refractivity contribution >= 4 is 11.7 Å². The zero-order valence-electron chi connectivity index (χ0n) is 9.57. The zero-order chi connectivity index (χ0) is 12.2. The van der Waals surface area contributed by atoms with Crippen LogP contribution in [-0.2, 0) is 9.53 Å². The molecule has 0 radical (unpaired) electrons. The standard InChI is InChI=1S/C12H14N2O2/c1-12(2,11(15)16-3)14-10-6-4-5-9(7-10)8-13/h4-7,14H,1-3H3. The first-order valence-corrected chi connectivity index (χ1v) is 4.86. The first-order chi connectivity index (χ1) is 7.49. The molecular formula is C12H14N2O2. The number of ether oxygens (including phenoxy) is 1. The van der Waals surface area contributed by atoms with Gasteiger partial charge in [0.1, 0.15) is 5.54 Å². The van der Waals surface area contributed by atoms with Gasteiger partial charge in [0.05, 0.1) is 18.7 Å². The Hall–Kier alpha value is -2.02. The van der Waals surface area contributed by atoms with Crippen LogP contribution < -0.4 is 5.32 Å². The van der Waals surface area contributed by atoms with Gasteiger partial charge in [-0.2, -0.15) is 5.26 Å². The van der Waals surface area contributed by atoms with E-state index in [2.05, 4.69) is 10.1 Å². The van der Waals surface area contributed by atoms with E-state index in [0.29, 0.717) is 5.56 Å². The Morgan fingerprint density at radius 2 is 2.19 bits per heavy atom. The number of esters is 1. The van der Waals surface area contributed by atoms with Crippen LogP contribution in [0.3, 0.4) is 0 Å². The van der Waals surface area contributed by atoms with Crippen LogP contribution in [0.4, 0.5) is 5.69 Å². The molecule has 0 atom stereocenters. The van der Waals surface area contributed by atoms with E-state index in [1.807, 2.05) is 6.07 Å². The molecule has 4 heteroatoms. The van der Waals surface area contributed by atoms with Crippen LogP contribution in [0, 0.1) is 11.3 Å². The normalized spacial score (nSPS) is 10.4. The summed E-state index contributed by atoms with van der Waals surface area (Å²) in [6.45, 7) is 3.44. The first kappa shape index (κ1) is 12.1. The molecular weight excluding hydrogens is 204 g/mol. The lowest BCUT2D eigenvalue weighted by Gasteiger charge is -2.24. The van der Waals surface area contributed by atoms with E-state index in [0.717, 1.165) is 5.69 Å². The fraction of sp³-hybridized carbons (Fsp3) is 0.333. The van der Waals surface area contributed by atoms with Gasteiger partial charge in [0.25, 0.3) is 0 Å². The summed E-state index contributed by atoms with van der Waals surface area (Å²) in [6.07, 6.45) is 0. The van der Waals surface area contributed by atoms with Gasteiger partial charge in [0, 0.05) is 5.69 Å². The molecule has 0 fully saturated rings. The molecule has 1 rings (SSSR count). The lowest BCUT2D eigenvalue weighted by Crippen LogP contribution is -2.41. The summed E-state index contributed by atoms with van der Waals surface area (Å²) in [5.74, 6) is -0.352. The van der Waals surface area contributed by atoms with Gasteiger partial charge in [0.15, 0.2) is 0 Å². The summed E-state index contributed by atoms with van der Waals surface area (Å²) in [5.41, 5.74) is 0.447. The molecule has 84 valence electrons. The SMILES string of the molecule is COC(=O)C(C)(C)Nc1cccc(C#N)c1. The van der Waals surface area contributed by atoms with Crippen molar-refractivity contribution in [1.29, 1.82) is 5.26 Å². The van der Waals surface area contributed by atoms with Crippen LogP contribution in [0.2, 0.25) is 0 Å². The summed E-state index contributed by atoms with van der Waals surface area (Å²) in [7, 11) is 1.34. The largest absolute Gasteiger partial charge is 0.467 e. The lowest BCUT2D eigenvalue weighted by atomic mass is 10.1. The fourth-order valence-corrected chi connectivity index (χ4v) is 1.33. The molecule has 0 aliphatic heterocycles. The average Bonchev–Trinajstić information content (AvgIpc) is 2.27. The number of carbonyl (C=O) groups excluding carboxylic acids is 1. The van der Waals surface area contributed by atoms with Crippen molar-refractivity contribution in [2.45, 2.75) is 19.4 Å². The Balaban J connectivity index is 2.88. The molecule has 1 aromatic rings. The van der Waals surface area contributed by atoms with E-state index in [1.165, 1.54) is 7.11 Å². The smallest absolute Gasteiger partial charge is 0.330 e. The summed E-state index contributed by atoms with van der Waals surface area (Å²) in [6, 6.07) is 8.99. The van der Waals surface area contributed by atoms with Gasteiger partial charge >= 0.3 is 5.97 Å². The molecule has 0 bridgehead atoms. The van der Waals surface area contributed by atoms with E-state index >= 15 is 0 Å². The van der Waals surface area contributed by atoms with Gasteiger partial charge < -0.3 is 10.1 Å². The second kappa shape index (κ2) is 4.67. The van der Waals surface area contributed by atoms with Crippen LogP contribution >= 0.6 is 0 Å². The molecule has 0 amide bonds. The van der Waals surface area contributed by atoms with Gasteiger partial charge in [0.2, 0.25) is 0 Å². The molecule has 0 unspecified atom stereocenters. The molecule has 16 heavy (non-hydrogen) atoms. The number of methoxy groups -OCH3 is 1. The molecule has 0 aliphatic rings. The molecule has 0 aliphatic carbocycles. The minimum absolute atomic E-state index is 0.352. The van der Waals surface area contributed by atoms with Gasteiger partial charge in [-0.1, -0.05) is 6.07 Å². The highest BCUT2D eigenvalue weighted by Gasteiger charge is 2.28. The topological polar surface area (TPSA) is 62.1 Å². The zero-order valence-corrected chi connectivity index (χ0v) is 9.57. The Morgan fingerprint density at radius 1 is 1.50 bits per heavy atom. The van der Waals surface area contributed by atoms with Crippen molar-refractivity contribution in [3.63, 3.8) is 0 Å². The summed E-state index contributed by atoms with van der Waals surface area (Å²) in [5, 5.41) is 11.8. The number of carbonyl (C=O) groups is 1. The maximum atomic E-state index is 11.4. The van der Waals surface area contributed by atoms with E-state index in [4.69, 9.17) is 5.26 Å². The van der Waals surface area contributed by atoms with Gasteiger partial charge in [-0.25, -0.2) is 4.79 Å². The second-order valence-electron chi connectivity index (χ2n) is 3.93. The quantitative estimate of drug-likeness (QED) is 0.787. The minimum atomic E-state index is -0.817. The van der Waals surface area contributed by atoms with Crippen molar-refractivity contribution in [3.05, 3.63) is 29.8 Å². The maximum Gasteiger partial charge on any atom is 0.330 e. The molecule has 0 spiro atoms. The van der Waals surface area contributed by atoms with Crippen LogP contribution in [0.15, 0.2) is 24.3 Å². The fourth-order valence-electron chi connectivity index (χ4n) is 1.33. The van der Waals surface area contributed by atoms with Crippen LogP contribution in [0.5, 0.6) is 0 Å². The molecule has 0 aromatic heterocycles. The van der Waals surface area contributed by atoms with E-state index in [9.17, 15) is 4.79 Å². The van der Waals surface area contributed by atoms with Gasteiger partial charge in [-0.05, 0) is 32.0 Å². The molecule has 1 aromatic carbocycles. The van der Waals surface area contributed by atoms with E-state index in [1.54, 1.807) is 38.1 Å². The predicted molar refractivity (Wildman–Crippen MR) is 60.9 cm³/mol. The number of hydrogen-bond acceptors (Lipinski definition) is 4. The van der Waals surface area contributed by atoms with Crippen molar-refractivity contribution in [2.24, 2.45) is 0 Å². The third-order valence-corrected chi connectivity index (χ3v) is 2.14. The Labute approximate surface area is 94.8 Å². The average molecular weight is 218 g/mol. The van der Waals surface area contributed by atoms with Crippen LogP contribution in [-0.4, -0.2) is 18.6 Å². The van der Waals surface area contributed by atoms with E-state index in [-0.39, 0.29) is 5.97 Å². The molecule has 0 heterocycles. The summed E-state index contributed by atoms with van der Waals surface area (Å²) >= 11 is 0. The number of hydrogen-bond donors (Lipinski definition) is 1. The number of nitrogens with zero attached hydrogens (tertiary/aromatic N) is 1. The third kappa shape index (κ3) is 2.74. The summed E-state index contributed by atoms with van der Waals surface area (Å²) < 4.78 is 4.68. The van der Waals surface area contributed by atoms with Crippen molar-refractivity contribution in [2.75, 3.05) is 12.4 Å². The van der Waals surface area contributed by atoms with E-state index < -0.39 is 5.54 Å². The highest BCUT2D eigenvalue weighted by Crippen LogP contribution is 2.17. The Kier molecular flexibility index (Phi) is 3.51. The lowest BCUT2D eigenvalue weighted by molar-refractivity contribution is -0.144. The predicted octanol–water partition coefficient (Wildman–Crippen LogP) is 1.92. The summed E-state index contributed by atoms with van der Waals surface area (Å²) in [4.78, 5) is 11.4. The van der Waals surface area contributed by atoms with Gasteiger partial charge in [-0.15, -0.1) is 0 Å². The third-order valence-electron chi connectivity index (χ3n) is 2.14. The molecule has 0 saturated carbocycles.